The van der Waals surface area contributed by atoms with Crippen LogP contribution in [-0.2, 0) is 19.3 Å². The van der Waals surface area contributed by atoms with E-state index in [0.717, 1.165) is 11.0 Å². The monoisotopic (exact) mass is 325 g/mol. The van der Waals surface area contributed by atoms with Crippen molar-refractivity contribution >= 4 is 6.09 Å². The third-order valence-corrected chi connectivity index (χ3v) is 3.30. The lowest BCUT2D eigenvalue weighted by atomic mass is 10.2. The largest absolute Gasteiger partial charge is 0.465 e. The van der Waals surface area contributed by atoms with Crippen molar-refractivity contribution in [3.8, 4) is 11.8 Å². The molecule has 0 fully saturated rings. The van der Waals surface area contributed by atoms with E-state index in [2.05, 4.69) is 9.97 Å². The van der Waals surface area contributed by atoms with Gasteiger partial charge in [0, 0.05) is 11.8 Å². The average Bonchev–Trinajstić information content (AvgIpc) is 2.90. The van der Waals surface area contributed by atoms with Gasteiger partial charge in [-0.05, 0) is 12.1 Å². The van der Waals surface area contributed by atoms with Gasteiger partial charge in [-0.3, -0.25) is 4.90 Å². The predicted molar refractivity (Wildman–Crippen MR) is 70.8 cm³/mol. The van der Waals surface area contributed by atoms with E-state index in [9.17, 15) is 18.0 Å². The first-order chi connectivity index (χ1) is 10.8. The highest BCUT2D eigenvalue weighted by Crippen LogP contribution is 2.37. The molecule has 0 saturated carbocycles. The molecule has 0 spiro atoms. The summed E-state index contributed by atoms with van der Waals surface area (Å²) >= 11 is 0. The molecular formula is C14H10F3N3O3. The molecular weight excluding hydrogens is 315 g/mol. The number of para-hydroxylation sites is 1. The summed E-state index contributed by atoms with van der Waals surface area (Å²) in [6, 6.07) is 4.47. The molecule has 1 aliphatic rings. The van der Waals surface area contributed by atoms with Crippen molar-refractivity contribution in [2.75, 3.05) is 0 Å². The lowest BCUT2D eigenvalue weighted by molar-refractivity contribution is -0.138. The van der Waals surface area contributed by atoms with E-state index in [0.29, 0.717) is 11.3 Å². The lowest BCUT2D eigenvalue weighted by Crippen LogP contribution is -2.22. The average molecular weight is 325 g/mol. The van der Waals surface area contributed by atoms with Gasteiger partial charge in [0.15, 0.2) is 0 Å². The number of hydrogen-bond acceptors (Lipinski definition) is 4. The van der Waals surface area contributed by atoms with Gasteiger partial charge in [0.1, 0.15) is 5.75 Å². The normalized spacial score (nSPS) is 13.8. The highest BCUT2D eigenvalue weighted by Gasteiger charge is 2.34. The molecule has 0 aliphatic carbocycles. The molecule has 0 unspecified atom stereocenters. The van der Waals surface area contributed by atoms with Crippen molar-refractivity contribution in [3.63, 3.8) is 0 Å². The van der Waals surface area contributed by atoms with Gasteiger partial charge in [-0.25, -0.2) is 9.78 Å². The zero-order valence-electron chi connectivity index (χ0n) is 11.5. The Bertz CT molecular complexity index is 764. The molecule has 0 saturated heterocycles. The van der Waals surface area contributed by atoms with Gasteiger partial charge >= 0.3 is 18.3 Å². The highest BCUT2D eigenvalue weighted by atomic mass is 19.4. The third kappa shape index (κ3) is 3.03. The number of carboxylic acid groups (broad SMARTS) is 1. The number of benzene rings is 1. The maximum Gasteiger partial charge on any atom is 0.419 e. The minimum Gasteiger partial charge on any atom is -0.465 e. The van der Waals surface area contributed by atoms with Crippen LogP contribution < -0.4 is 4.74 Å². The molecule has 2 aromatic rings. The number of amides is 1. The molecule has 0 atom stereocenters. The minimum absolute atomic E-state index is 0.0461. The maximum absolute atomic E-state index is 12.9. The SMILES string of the molecule is O=C(O)N1Cc2cnc(Oc3ccccc3C(F)(F)F)nc2C1. The fraction of sp³-hybridized carbons (Fsp3) is 0.214. The van der Waals surface area contributed by atoms with Crippen LogP contribution in [0.4, 0.5) is 18.0 Å². The number of carbonyl (C=O) groups is 1. The van der Waals surface area contributed by atoms with E-state index in [-0.39, 0.29) is 19.1 Å². The van der Waals surface area contributed by atoms with Crippen molar-refractivity contribution in [2.24, 2.45) is 0 Å². The van der Waals surface area contributed by atoms with Crippen LogP contribution in [0.3, 0.4) is 0 Å². The van der Waals surface area contributed by atoms with E-state index < -0.39 is 23.6 Å². The standard InChI is InChI=1S/C14H10F3N3O3/c15-14(16,17)9-3-1-2-4-11(9)23-12-18-5-8-6-20(13(21)22)7-10(8)19-12/h1-5H,6-7H2,(H,21,22). The number of fused-ring (bicyclic) bond motifs is 1. The van der Waals surface area contributed by atoms with Gasteiger partial charge in [0.2, 0.25) is 0 Å². The molecule has 1 aromatic heterocycles. The van der Waals surface area contributed by atoms with E-state index >= 15 is 0 Å². The number of hydrogen-bond donors (Lipinski definition) is 1. The fourth-order valence-electron chi connectivity index (χ4n) is 2.21. The Balaban J connectivity index is 1.87. The Morgan fingerprint density at radius 3 is 2.70 bits per heavy atom. The Kier molecular flexibility index (Phi) is 3.55. The molecule has 1 aliphatic heterocycles. The fourth-order valence-corrected chi connectivity index (χ4v) is 2.21. The van der Waals surface area contributed by atoms with Crippen molar-refractivity contribution in [3.05, 3.63) is 47.3 Å². The number of aromatic nitrogens is 2. The lowest BCUT2D eigenvalue weighted by Gasteiger charge is -2.12. The molecule has 0 radical (unpaired) electrons. The minimum atomic E-state index is -4.56. The summed E-state index contributed by atoms with van der Waals surface area (Å²) in [5, 5.41) is 8.94. The van der Waals surface area contributed by atoms with Crippen LogP contribution in [0, 0.1) is 0 Å². The first-order valence-electron chi connectivity index (χ1n) is 6.51. The second-order valence-electron chi connectivity index (χ2n) is 4.86. The van der Waals surface area contributed by atoms with Crippen molar-refractivity contribution in [2.45, 2.75) is 19.3 Å². The summed E-state index contributed by atoms with van der Waals surface area (Å²) in [6.45, 7) is 0.189. The molecule has 1 aromatic carbocycles. The van der Waals surface area contributed by atoms with Crippen molar-refractivity contribution < 1.29 is 27.8 Å². The Morgan fingerprint density at radius 2 is 2.00 bits per heavy atom. The van der Waals surface area contributed by atoms with E-state index in [4.69, 9.17) is 9.84 Å². The zero-order valence-corrected chi connectivity index (χ0v) is 11.5. The maximum atomic E-state index is 12.9. The number of halogens is 3. The number of rotatable bonds is 2. The Labute approximate surface area is 128 Å². The summed E-state index contributed by atoms with van der Waals surface area (Å²) < 4.78 is 43.9. The van der Waals surface area contributed by atoms with Gasteiger partial charge in [-0.1, -0.05) is 12.1 Å². The Hall–Kier alpha value is -2.84. The van der Waals surface area contributed by atoms with Gasteiger partial charge in [-0.2, -0.15) is 18.2 Å². The molecule has 1 N–H and O–H groups in total. The summed E-state index contributed by atoms with van der Waals surface area (Å²) in [5.41, 5.74) is 0.0852. The smallest absolute Gasteiger partial charge is 0.419 e. The summed E-state index contributed by atoms with van der Waals surface area (Å²) in [5.74, 6) is -0.409. The summed E-state index contributed by atoms with van der Waals surface area (Å²) in [4.78, 5) is 19.9. The molecule has 9 heteroatoms. The number of alkyl halides is 3. The van der Waals surface area contributed by atoms with Gasteiger partial charge in [-0.15, -0.1) is 0 Å². The first kappa shape index (κ1) is 15.1. The third-order valence-electron chi connectivity index (χ3n) is 3.30. The molecule has 6 nitrogen and oxygen atoms in total. The predicted octanol–water partition coefficient (Wildman–Crippen LogP) is 3.28. The number of nitrogens with zero attached hydrogens (tertiary/aromatic N) is 3. The van der Waals surface area contributed by atoms with Crippen LogP contribution in [0.1, 0.15) is 16.8 Å². The van der Waals surface area contributed by atoms with Gasteiger partial charge in [0.25, 0.3) is 0 Å². The second kappa shape index (κ2) is 5.41. The molecule has 2 heterocycles. The van der Waals surface area contributed by atoms with Crippen LogP contribution in [0.15, 0.2) is 30.5 Å². The van der Waals surface area contributed by atoms with Crippen LogP contribution >= 0.6 is 0 Å². The summed E-state index contributed by atoms with van der Waals surface area (Å²) in [6.07, 6.45) is -4.31. The topological polar surface area (TPSA) is 75.5 Å². The second-order valence-corrected chi connectivity index (χ2v) is 4.86. The highest BCUT2D eigenvalue weighted by molar-refractivity contribution is 5.66. The zero-order chi connectivity index (χ0) is 16.6. The molecule has 120 valence electrons. The molecule has 1 amide bonds. The van der Waals surface area contributed by atoms with Crippen LogP contribution in [0.25, 0.3) is 0 Å². The Morgan fingerprint density at radius 1 is 1.26 bits per heavy atom. The van der Waals surface area contributed by atoms with Gasteiger partial charge in [0.05, 0.1) is 24.3 Å². The van der Waals surface area contributed by atoms with Crippen molar-refractivity contribution in [1.29, 1.82) is 0 Å². The van der Waals surface area contributed by atoms with Crippen molar-refractivity contribution in [1.82, 2.24) is 14.9 Å². The molecule has 3 rings (SSSR count). The first-order valence-corrected chi connectivity index (χ1v) is 6.51. The molecule has 0 bridgehead atoms. The van der Waals surface area contributed by atoms with E-state index in [1.807, 2.05) is 0 Å². The van der Waals surface area contributed by atoms with E-state index in [1.165, 1.54) is 24.4 Å². The summed E-state index contributed by atoms with van der Waals surface area (Å²) in [7, 11) is 0. The van der Waals surface area contributed by atoms with Gasteiger partial charge < -0.3 is 9.84 Å². The number of ether oxygens (including phenoxy) is 1. The van der Waals surface area contributed by atoms with E-state index in [1.54, 1.807) is 0 Å². The molecule has 23 heavy (non-hydrogen) atoms. The quantitative estimate of drug-likeness (QED) is 0.917. The van der Waals surface area contributed by atoms with Crippen LogP contribution in [0.2, 0.25) is 0 Å². The van der Waals surface area contributed by atoms with Crippen LogP contribution in [-0.4, -0.2) is 26.1 Å². The van der Waals surface area contributed by atoms with Crippen LogP contribution in [0.5, 0.6) is 11.8 Å².